The van der Waals surface area contributed by atoms with Crippen LogP contribution in [0.2, 0.25) is 19.6 Å². The number of hydrogen-bond donors (Lipinski definition) is 0. The van der Waals surface area contributed by atoms with E-state index in [0.717, 1.165) is 10.9 Å². The lowest BCUT2D eigenvalue weighted by Crippen LogP contribution is -2.44. The van der Waals surface area contributed by atoms with Gasteiger partial charge in [0, 0.05) is 10.7 Å². The largest absolute Gasteiger partial charge is 0.255 e. The molecule has 98 valence electrons. The first-order chi connectivity index (χ1) is 8.91. The van der Waals surface area contributed by atoms with Crippen molar-refractivity contribution < 1.29 is 4.39 Å². The van der Waals surface area contributed by atoms with E-state index in [2.05, 4.69) is 32.4 Å². The SMILES string of the molecule is C=CCc1c([Si](C)(C)C)n(C#N)c2cccc(F)c12. The molecule has 0 fully saturated rings. The molecule has 19 heavy (non-hydrogen) atoms. The van der Waals surface area contributed by atoms with Gasteiger partial charge in [0.1, 0.15) is 13.9 Å². The lowest BCUT2D eigenvalue weighted by molar-refractivity contribution is 0.639. The van der Waals surface area contributed by atoms with Crippen LogP contribution < -0.4 is 5.32 Å². The van der Waals surface area contributed by atoms with Crippen molar-refractivity contribution in [2.24, 2.45) is 0 Å². The summed E-state index contributed by atoms with van der Waals surface area (Å²) in [5, 5.41) is 11.0. The standard InChI is InChI=1S/C15H17FN2Si/c1-5-7-11-14-12(16)8-6-9-13(14)18(10-17)15(11)19(2,3)4/h5-6,8-9H,1,7H2,2-4H3. The number of fused-ring (bicyclic) bond motifs is 1. The number of rotatable bonds is 3. The summed E-state index contributed by atoms with van der Waals surface area (Å²) in [5.41, 5.74) is 1.58. The highest BCUT2D eigenvalue weighted by Gasteiger charge is 2.28. The average Bonchev–Trinajstić information content (AvgIpc) is 2.65. The van der Waals surface area contributed by atoms with Crippen molar-refractivity contribution in [2.75, 3.05) is 0 Å². The topological polar surface area (TPSA) is 28.7 Å². The molecule has 2 aromatic rings. The Kier molecular flexibility index (Phi) is 3.33. The van der Waals surface area contributed by atoms with Gasteiger partial charge in [0.15, 0.2) is 6.19 Å². The quantitative estimate of drug-likeness (QED) is 0.622. The lowest BCUT2D eigenvalue weighted by Gasteiger charge is -2.18. The van der Waals surface area contributed by atoms with E-state index in [0.29, 0.717) is 17.3 Å². The van der Waals surface area contributed by atoms with Crippen LogP contribution in [0.5, 0.6) is 0 Å². The first-order valence-corrected chi connectivity index (χ1v) is 9.75. The van der Waals surface area contributed by atoms with Crippen molar-refractivity contribution in [3.63, 3.8) is 0 Å². The minimum absolute atomic E-state index is 0.261. The fraction of sp³-hybridized carbons (Fsp3) is 0.267. The molecule has 0 bridgehead atoms. The highest BCUT2D eigenvalue weighted by Crippen LogP contribution is 2.25. The van der Waals surface area contributed by atoms with E-state index in [-0.39, 0.29) is 5.82 Å². The van der Waals surface area contributed by atoms with Crippen LogP contribution in [0.1, 0.15) is 5.56 Å². The maximum absolute atomic E-state index is 14.1. The summed E-state index contributed by atoms with van der Waals surface area (Å²) < 4.78 is 15.7. The maximum atomic E-state index is 14.1. The van der Waals surface area contributed by atoms with Crippen LogP contribution in [-0.4, -0.2) is 12.6 Å². The van der Waals surface area contributed by atoms with E-state index < -0.39 is 8.07 Å². The van der Waals surface area contributed by atoms with E-state index in [1.54, 1.807) is 22.8 Å². The second kappa shape index (κ2) is 4.67. The Labute approximate surface area is 113 Å². The second-order valence-electron chi connectivity index (χ2n) is 5.64. The molecule has 1 aromatic heterocycles. The zero-order chi connectivity index (χ0) is 14.2. The second-order valence-corrected chi connectivity index (χ2v) is 10.6. The number of hydrogen-bond acceptors (Lipinski definition) is 1. The highest BCUT2D eigenvalue weighted by molar-refractivity contribution is 6.88. The lowest BCUT2D eigenvalue weighted by atomic mass is 10.1. The van der Waals surface area contributed by atoms with Gasteiger partial charge < -0.3 is 0 Å². The third-order valence-electron chi connectivity index (χ3n) is 3.20. The number of nitriles is 1. The van der Waals surface area contributed by atoms with Crippen LogP contribution in [0, 0.1) is 17.3 Å². The van der Waals surface area contributed by atoms with Gasteiger partial charge in [-0.2, -0.15) is 5.26 Å². The van der Waals surface area contributed by atoms with Gasteiger partial charge >= 0.3 is 0 Å². The maximum Gasteiger partial charge on any atom is 0.188 e. The van der Waals surface area contributed by atoms with Crippen LogP contribution in [0.25, 0.3) is 10.9 Å². The minimum Gasteiger partial charge on any atom is -0.255 e. The van der Waals surface area contributed by atoms with Crippen LogP contribution in [0.3, 0.4) is 0 Å². The van der Waals surface area contributed by atoms with E-state index in [4.69, 9.17) is 0 Å². The van der Waals surface area contributed by atoms with E-state index in [9.17, 15) is 9.65 Å². The molecule has 1 heterocycles. The van der Waals surface area contributed by atoms with Gasteiger partial charge in [0.25, 0.3) is 0 Å². The number of benzene rings is 1. The molecule has 0 saturated heterocycles. The monoisotopic (exact) mass is 272 g/mol. The molecule has 2 rings (SSSR count). The fourth-order valence-electron chi connectivity index (χ4n) is 2.61. The summed E-state index contributed by atoms with van der Waals surface area (Å²) in [6, 6.07) is 4.90. The van der Waals surface area contributed by atoms with Gasteiger partial charge in [0.2, 0.25) is 0 Å². The van der Waals surface area contributed by atoms with Gasteiger partial charge in [-0.05, 0) is 24.1 Å². The van der Waals surface area contributed by atoms with Gasteiger partial charge in [0.05, 0.1) is 5.52 Å². The number of nitrogens with zero attached hydrogens (tertiary/aromatic N) is 2. The molecule has 4 heteroatoms. The Bertz CT molecular complexity index is 687. The molecule has 0 N–H and O–H groups in total. The summed E-state index contributed by atoms with van der Waals surface area (Å²) in [7, 11) is -1.76. The third-order valence-corrected chi connectivity index (χ3v) is 5.15. The Morgan fingerprint density at radius 3 is 2.63 bits per heavy atom. The molecule has 0 spiro atoms. The van der Waals surface area contributed by atoms with Gasteiger partial charge in [-0.15, -0.1) is 6.58 Å². The van der Waals surface area contributed by atoms with Crippen molar-refractivity contribution in [3.8, 4) is 6.19 Å². The number of halogens is 1. The predicted octanol–water partition coefficient (Wildman–Crippen LogP) is 3.38. The summed E-state index contributed by atoms with van der Waals surface area (Å²) in [5.74, 6) is -0.261. The van der Waals surface area contributed by atoms with Crippen LogP contribution >= 0.6 is 0 Å². The van der Waals surface area contributed by atoms with Crippen molar-refractivity contribution in [3.05, 3.63) is 42.2 Å². The first-order valence-electron chi connectivity index (χ1n) is 6.25. The Morgan fingerprint density at radius 2 is 2.11 bits per heavy atom. The Hall–Kier alpha value is -1.86. The van der Waals surface area contributed by atoms with Crippen molar-refractivity contribution in [1.82, 2.24) is 4.57 Å². The average molecular weight is 272 g/mol. The summed E-state index contributed by atoms with van der Waals surface area (Å²) in [6.45, 7) is 10.3. The molecule has 0 radical (unpaired) electrons. The van der Waals surface area contributed by atoms with E-state index in [1.807, 2.05) is 0 Å². The van der Waals surface area contributed by atoms with Gasteiger partial charge in [-0.1, -0.05) is 31.8 Å². The molecule has 1 aromatic carbocycles. The fourth-order valence-corrected chi connectivity index (χ4v) is 4.58. The van der Waals surface area contributed by atoms with Gasteiger partial charge in [-0.25, -0.2) is 4.39 Å². The molecule has 0 aliphatic rings. The molecule has 0 atom stereocenters. The normalized spacial score (nSPS) is 11.5. The zero-order valence-corrected chi connectivity index (χ0v) is 12.5. The molecule has 0 aliphatic heterocycles. The molecule has 0 amide bonds. The van der Waals surface area contributed by atoms with Gasteiger partial charge in [-0.3, -0.25) is 4.57 Å². The summed E-state index contributed by atoms with van der Waals surface area (Å²) in [4.78, 5) is 0. The Balaban J connectivity index is 3.01. The predicted molar refractivity (Wildman–Crippen MR) is 79.8 cm³/mol. The number of allylic oxidation sites excluding steroid dienone is 1. The van der Waals surface area contributed by atoms with E-state index >= 15 is 0 Å². The molecular weight excluding hydrogens is 255 g/mol. The smallest absolute Gasteiger partial charge is 0.188 e. The van der Waals surface area contributed by atoms with Crippen LogP contribution in [-0.2, 0) is 6.42 Å². The summed E-state index contributed by atoms with van der Waals surface area (Å²) in [6.07, 6.45) is 4.56. The Morgan fingerprint density at radius 1 is 1.42 bits per heavy atom. The van der Waals surface area contributed by atoms with E-state index in [1.165, 1.54) is 6.07 Å². The van der Waals surface area contributed by atoms with Crippen molar-refractivity contribution in [2.45, 2.75) is 26.1 Å². The van der Waals surface area contributed by atoms with Crippen molar-refractivity contribution >= 4 is 24.3 Å². The molecule has 0 aliphatic carbocycles. The molecular formula is C15H17FN2Si. The molecule has 0 saturated carbocycles. The number of aromatic nitrogens is 1. The first kappa shape index (κ1) is 13.6. The molecule has 0 unspecified atom stereocenters. The zero-order valence-electron chi connectivity index (χ0n) is 11.5. The van der Waals surface area contributed by atoms with Crippen LogP contribution in [0.4, 0.5) is 4.39 Å². The molecule has 2 nitrogen and oxygen atoms in total. The minimum atomic E-state index is -1.76. The summed E-state index contributed by atoms with van der Waals surface area (Å²) >= 11 is 0. The third kappa shape index (κ3) is 2.11. The van der Waals surface area contributed by atoms with Crippen molar-refractivity contribution in [1.29, 1.82) is 5.26 Å². The van der Waals surface area contributed by atoms with Crippen LogP contribution in [0.15, 0.2) is 30.9 Å². The highest BCUT2D eigenvalue weighted by atomic mass is 28.3.